The molecule has 2 N–H and O–H groups in total. The van der Waals surface area contributed by atoms with Crippen LogP contribution in [0.2, 0.25) is 0 Å². The van der Waals surface area contributed by atoms with Crippen LogP contribution in [0.5, 0.6) is 0 Å². The highest BCUT2D eigenvalue weighted by molar-refractivity contribution is 5.98. The molecule has 2 amide bonds. The molecule has 0 aliphatic rings. The molecule has 12 heteroatoms. The lowest BCUT2D eigenvalue weighted by atomic mass is 10.1. The van der Waals surface area contributed by atoms with Crippen molar-refractivity contribution in [2.75, 3.05) is 0 Å². The van der Waals surface area contributed by atoms with Crippen LogP contribution < -0.4 is 16.4 Å². The quantitative estimate of drug-likeness (QED) is 0.365. The Bertz CT molecular complexity index is 1750. The summed E-state index contributed by atoms with van der Waals surface area (Å²) >= 11 is 0. The number of halogens is 2. The van der Waals surface area contributed by atoms with Gasteiger partial charge >= 0.3 is 5.76 Å². The van der Waals surface area contributed by atoms with Crippen LogP contribution in [0.3, 0.4) is 0 Å². The third-order valence-corrected chi connectivity index (χ3v) is 5.89. The Morgan fingerprint density at radius 3 is 2.43 bits per heavy atom. The minimum atomic E-state index is -0.810. The lowest BCUT2D eigenvalue weighted by Crippen LogP contribution is -2.28. The molecule has 5 rings (SSSR count). The molecular weight excluding hydrogens is 486 g/mol. The van der Waals surface area contributed by atoms with Crippen molar-refractivity contribution in [1.82, 2.24) is 29.8 Å². The summed E-state index contributed by atoms with van der Waals surface area (Å²) in [4.78, 5) is 41.5. The fourth-order valence-electron chi connectivity index (χ4n) is 3.79. The second kappa shape index (κ2) is 9.30. The first kappa shape index (κ1) is 23.9. The average Bonchev–Trinajstić information content (AvgIpc) is 3.40. The van der Waals surface area contributed by atoms with Gasteiger partial charge in [-0.05, 0) is 41.8 Å². The van der Waals surface area contributed by atoms with Crippen molar-refractivity contribution < 1.29 is 22.8 Å². The lowest BCUT2D eigenvalue weighted by molar-refractivity contribution is 0.0942. The summed E-state index contributed by atoms with van der Waals surface area (Å²) in [5.41, 5.74) is 2.03. The maximum Gasteiger partial charge on any atom is 0.419 e. The Hall–Kier alpha value is -4.87. The number of aryl methyl sites for hydroxylation is 2. The van der Waals surface area contributed by atoms with Gasteiger partial charge in [0.25, 0.3) is 11.8 Å². The Balaban J connectivity index is 1.37. The van der Waals surface area contributed by atoms with Crippen molar-refractivity contribution in [2.45, 2.75) is 20.0 Å². The van der Waals surface area contributed by atoms with E-state index in [2.05, 4.69) is 20.7 Å². The first-order valence-electron chi connectivity index (χ1n) is 11.2. The van der Waals surface area contributed by atoms with Gasteiger partial charge in [0.15, 0.2) is 17.0 Å². The molecular formula is C25H20F2N6O4. The van der Waals surface area contributed by atoms with Gasteiger partial charge in [0.1, 0.15) is 17.2 Å². The van der Waals surface area contributed by atoms with Crippen molar-refractivity contribution >= 4 is 28.6 Å². The molecule has 0 fully saturated rings. The predicted molar refractivity (Wildman–Crippen MR) is 128 cm³/mol. The summed E-state index contributed by atoms with van der Waals surface area (Å²) in [6.45, 7) is 1.70. The largest absolute Gasteiger partial charge is 0.419 e. The molecule has 3 aromatic heterocycles. The number of carbonyl (C=O) groups is 2. The Morgan fingerprint density at radius 1 is 0.973 bits per heavy atom. The van der Waals surface area contributed by atoms with E-state index in [1.54, 1.807) is 44.3 Å². The number of carbonyl (C=O) groups excluding carboxylic acids is 2. The highest BCUT2D eigenvalue weighted by atomic mass is 19.1. The highest BCUT2D eigenvalue weighted by Crippen LogP contribution is 2.16. The van der Waals surface area contributed by atoms with E-state index in [1.807, 2.05) is 0 Å². The molecule has 0 unspecified atom stereocenters. The summed E-state index contributed by atoms with van der Waals surface area (Å²) in [5.74, 6) is -3.03. The molecule has 5 aromatic rings. The van der Waals surface area contributed by atoms with Crippen LogP contribution in [0.1, 0.15) is 37.7 Å². The van der Waals surface area contributed by atoms with E-state index in [-0.39, 0.29) is 30.1 Å². The van der Waals surface area contributed by atoms with Crippen molar-refractivity contribution in [3.05, 3.63) is 98.9 Å². The van der Waals surface area contributed by atoms with E-state index in [1.165, 1.54) is 16.7 Å². The molecule has 10 nitrogen and oxygen atoms in total. The van der Waals surface area contributed by atoms with Crippen LogP contribution in [-0.4, -0.2) is 31.0 Å². The number of hydrogen-bond donors (Lipinski definition) is 2. The molecule has 0 spiro atoms. The fourth-order valence-corrected chi connectivity index (χ4v) is 3.79. The summed E-state index contributed by atoms with van der Waals surface area (Å²) in [6, 6.07) is 10.8. The summed E-state index contributed by atoms with van der Waals surface area (Å²) in [6.07, 6.45) is 0.889. The molecule has 2 aromatic carbocycles. The van der Waals surface area contributed by atoms with Gasteiger partial charge in [-0.25, -0.2) is 23.1 Å². The summed E-state index contributed by atoms with van der Waals surface area (Å²) in [5, 5.41) is 9.14. The minimum Gasteiger partial charge on any atom is -0.408 e. The number of nitrogens with zero attached hydrogens (tertiary/aromatic N) is 4. The van der Waals surface area contributed by atoms with Crippen molar-refractivity contribution in [3.8, 4) is 0 Å². The van der Waals surface area contributed by atoms with E-state index in [0.717, 1.165) is 10.7 Å². The van der Waals surface area contributed by atoms with Gasteiger partial charge in [-0.1, -0.05) is 18.2 Å². The van der Waals surface area contributed by atoms with E-state index < -0.39 is 29.2 Å². The van der Waals surface area contributed by atoms with Crippen LogP contribution in [-0.2, 0) is 20.1 Å². The predicted octanol–water partition coefficient (Wildman–Crippen LogP) is 2.62. The number of oxazole rings is 1. The number of aromatic nitrogens is 4. The van der Waals surface area contributed by atoms with Crippen LogP contribution in [0.15, 0.2) is 57.9 Å². The molecule has 3 heterocycles. The van der Waals surface area contributed by atoms with Gasteiger partial charge in [0.2, 0.25) is 0 Å². The van der Waals surface area contributed by atoms with Gasteiger partial charge in [0, 0.05) is 26.2 Å². The smallest absolute Gasteiger partial charge is 0.408 e. The molecule has 37 heavy (non-hydrogen) atoms. The first-order valence-corrected chi connectivity index (χ1v) is 11.2. The molecule has 0 radical (unpaired) electrons. The zero-order valence-corrected chi connectivity index (χ0v) is 19.7. The number of nitrogens with one attached hydrogen (secondary N) is 2. The fraction of sp³-hybridized carbons (Fsp3) is 0.160. The first-order chi connectivity index (χ1) is 17.7. The molecule has 0 aliphatic carbocycles. The minimum absolute atomic E-state index is 0.00409. The Kier molecular flexibility index (Phi) is 5.99. The number of amides is 2. The number of benzene rings is 2. The highest BCUT2D eigenvalue weighted by Gasteiger charge is 2.20. The monoisotopic (exact) mass is 506 g/mol. The standard InChI is InChI=1S/C25H20F2N6O4/c1-13-3-4-14(7-16(13)26)10-29-24(35)20-9-18(31-22-17(27)12-30-33(20)22)23(34)28-11-15-5-6-21-19(8-15)32(2)25(36)37-21/h3-9,12H,10-11H2,1-2H3,(H,28,34)(H,29,35). The lowest BCUT2D eigenvalue weighted by Gasteiger charge is -2.10. The van der Waals surface area contributed by atoms with E-state index in [9.17, 15) is 23.2 Å². The Labute approximate surface area is 207 Å². The van der Waals surface area contributed by atoms with E-state index in [4.69, 9.17) is 4.42 Å². The van der Waals surface area contributed by atoms with Crippen LogP contribution in [0.4, 0.5) is 8.78 Å². The second-order valence-electron chi connectivity index (χ2n) is 8.43. The molecule has 0 bridgehead atoms. The van der Waals surface area contributed by atoms with Crippen LogP contribution >= 0.6 is 0 Å². The van der Waals surface area contributed by atoms with E-state index >= 15 is 0 Å². The zero-order valence-electron chi connectivity index (χ0n) is 19.7. The molecule has 188 valence electrons. The van der Waals surface area contributed by atoms with Gasteiger partial charge in [-0.2, -0.15) is 5.10 Å². The van der Waals surface area contributed by atoms with Gasteiger partial charge in [0.05, 0.1) is 11.7 Å². The molecule has 0 saturated carbocycles. The number of fused-ring (bicyclic) bond motifs is 2. The zero-order chi connectivity index (χ0) is 26.3. The number of rotatable bonds is 6. The second-order valence-corrected chi connectivity index (χ2v) is 8.43. The van der Waals surface area contributed by atoms with Gasteiger partial charge < -0.3 is 15.1 Å². The molecule has 0 saturated heterocycles. The Morgan fingerprint density at radius 2 is 1.68 bits per heavy atom. The normalized spacial score (nSPS) is 11.2. The van der Waals surface area contributed by atoms with Gasteiger partial charge in [-0.3, -0.25) is 14.2 Å². The van der Waals surface area contributed by atoms with Crippen molar-refractivity contribution in [3.63, 3.8) is 0 Å². The van der Waals surface area contributed by atoms with Crippen molar-refractivity contribution in [1.29, 1.82) is 0 Å². The van der Waals surface area contributed by atoms with Gasteiger partial charge in [-0.15, -0.1) is 0 Å². The average molecular weight is 506 g/mol. The number of hydrogen-bond acceptors (Lipinski definition) is 6. The summed E-state index contributed by atoms with van der Waals surface area (Å²) in [7, 11) is 1.57. The van der Waals surface area contributed by atoms with Crippen LogP contribution in [0, 0.1) is 18.6 Å². The maximum atomic E-state index is 14.3. The third kappa shape index (κ3) is 4.56. The molecule has 0 aliphatic heterocycles. The third-order valence-electron chi connectivity index (χ3n) is 5.89. The summed E-state index contributed by atoms with van der Waals surface area (Å²) < 4.78 is 35.6. The maximum absolute atomic E-state index is 14.3. The van der Waals surface area contributed by atoms with Crippen molar-refractivity contribution in [2.24, 2.45) is 7.05 Å². The molecule has 0 atom stereocenters. The SMILES string of the molecule is Cc1ccc(CNC(=O)c2cc(C(=O)NCc3ccc4oc(=O)n(C)c4c3)nc3c(F)cnn23)cc1F. The van der Waals surface area contributed by atoms with E-state index in [0.29, 0.717) is 27.8 Å². The topological polar surface area (TPSA) is 124 Å². The van der Waals surface area contributed by atoms with Crippen LogP contribution in [0.25, 0.3) is 16.7 Å².